The number of nitrogens with one attached hydrogen (secondary N) is 2. The van der Waals surface area contributed by atoms with Gasteiger partial charge in [0.1, 0.15) is 22.2 Å². The highest BCUT2D eigenvalue weighted by molar-refractivity contribution is 6.53. The molecule has 3 aromatic rings. The molecule has 0 unspecified atom stereocenters. The highest BCUT2D eigenvalue weighted by atomic mass is 35.5. The van der Waals surface area contributed by atoms with Crippen LogP contribution in [0.15, 0.2) is 71.4 Å². The molecule has 1 aliphatic rings. The molecule has 0 aliphatic carbocycles. The van der Waals surface area contributed by atoms with Gasteiger partial charge in [0.25, 0.3) is 17.7 Å². The average molecular weight is 506 g/mol. The molecular formula is C27H24ClN3O5. The van der Waals surface area contributed by atoms with Crippen LogP contribution < -0.4 is 25.0 Å². The summed E-state index contributed by atoms with van der Waals surface area (Å²) >= 11 is 6.25. The molecule has 2 N–H and O–H groups in total. The van der Waals surface area contributed by atoms with Gasteiger partial charge in [0.05, 0.1) is 19.9 Å². The normalized spacial score (nSPS) is 13.2. The van der Waals surface area contributed by atoms with E-state index in [1.54, 1.807) is 42.5 Å². The number of amides is 3. The molecule has 0 saturated heterocycles. The molecule has 1 heterocycles. The minimum Gasteiger partial charge on any atom is -0.497 e. The van der Waals surface area contributed by atoms with Crippen molar-refractivity contribution < 1.29 is 23.9 Å². The molecule has 3 amide bonds. The maximum atomic E-state index is 13.1. The van der Waals surface area contributed by atoms with Gasteiger partial charge in [-0.3, -0.25) is 14.4 Å². The first-order valence-electron chi connectivity index (χ1n) is 11.0. The van der Waals surface area contributed by atoms with Crippen LogP contribution in [0.25, 0.3) is 0 Å². The number of hydrogen-bond acceptors (Lipinski definition) is 6. The van der Waals surface area contributed by atoms with Crippen molar-refractivity contribution in [1.29, 1.82) is 0 Å². The number of rotatable bonds is 7. The molecule has 184 valence electrons. The number of nitrogens with zero attached hydrogens (tertiary/aromatic N) is 1. The van der Waals surface area contributed by atoms with E-state index < -0.39 is 11.8 Å². The minimum atomic E-state index is -0.683. The summed E-state index contributed by atoms with van der Waals surface area (Å²) in [5.41, 5.74) is 3.81. The Morgan fingerprint density at radius 3 is 2.28 bits per heavy atom. The van der Waals surface area contributed by atoms with E-state index in [9.17, 15) is 14.4 Å². The number of imide groups is 1. The van der Waals surface area contributed by atoms with Crippen molar-refractivity contribution in [2.75, 3.05) is 29.8 Å². The van der Waals surface area contributed by atoms with Crippen molar-refractivity contribution in [2.24, 2.45) is 0 Å². The summed E-state index contributed by atoms with van der Waals surface area (Å²) in [6.45, 7) is 3.88. The number of carbonyl (C=O) groups is 3. The molecule has 0 fully saturated rings. The summed E-state index contributed by atoms with van der Waals surface area (Å²) in [6, 6.07) is 17.0. The number of ether oxygens (including phenoxy) is 2. The molecule has 0 atom stereocenters. The van der Waals surface area contributed by atoms with Crippen molar-refractivity contribution in [1.82, 2.24) is 0 Å². The van der Waals surface area contributed by atoms with E-state index in [0.29, 0.717) is 17.0 Å². The third-order valence-corrected chi connectivity index (χ3v) is 6.06. The Hall–Kier alpha value is -4.30. The van der Waals surface area contributed by atoms with Crippen LogP contribution in [0.3, 0.4) is 0 Å². The van der Waals surface area contributed by atoms with Gasteiger partial charge < -0.3 is 20.1 Å². The highest BCUT2D eigenvalue weighted by Gasteiger charge is 2.40. The summed E-state index contributed by atoms with van der Waals surface area (Å²) in [6.07, 6.45) is 0. The lowest BCUT2D eigenvalue weighted by Crippen LogP contribution is -2.32. The van der Waals surface area contributed by atoms with Crippen molar-refractivity contribution in [2.45, 2.75) is 13.8 Å². The zero-order valence-electron chi connectivity index (χ0n) is 20.1. The number of methoxy groups -OCH3 is 2. The topological polar surface area (TPSA) is 97.0 Å². The summed E-state index contributed by atoms with van der Waals surface area (Å²) in [7, 11) is 2.93. The van der Waals surface area contributed by atoms with Crippen molar-refractivity contribution >= 4 is 46.4 Å². The van der Waals surface area contributed by atoms with Gasteiger partial charge in [0, 0.05) is 23.0 Å². The molecule has 3 aromatic carbocycles. The number of carbonyl (C=O) groups excluding carboxylic acids is 3. The Bertz CT molecular complexity index is 1400. The van der Waals surface area contributed by atoms with Crippen LogP contribution in [0, 0.1) is 13.8 Å². The molecule has 8 nitrogen and oxygen atoms in total. The Balaban J connectivity index is 1.51. The van der Waals surface area contributed by atoms with Crippen LogP contribution >= 0.6 is 11.6 Å². The number of aryl methyl sites for hydroxylation is 2. The Morgan fingerprint density at radius 2 is 1.61 bits per heavy atom. The first kappa shape index (κ1) is 24.8. The van der Waals surface area contributed by atoms with E-state index in [1.165, 1.54) is 14.2 Å². The summed E-state index contributed by atoms with van der Waals surface area (Å²) in [4.78, 5) is 39.6. The number of benzene rings is 3. The number of halogens is 1. The lowest BCUT2D eigenvalue weighted by molar-refractivity contribution is -0.120. The van der Waals surface area contributed by atoms with E-state index in [0.717, 1.165) is 21.7 Å². The third-order valence-electron chi connectivity index (χ3n) is 5.71. The lowest BCUT2D eigenvalue weighted by atomic mass is 10.1. The van der Waals surface area contributed by atoms with Crippen LogP contribution in [-0.2, 0) is 9.59 Å². The Labute approximate surface area is 213 Å². The van der Waals surface area contributed by atoms with Crippen LogP contribution in [0.5, 0.6) is 11.5 Å². The molecule has 0 radical (unpaired) electrons. The predicted octanol–water partition coefficient (Wildman–Crippen LogP) is 5.01. The van der Waals surface area contributed by atoms with Crippen LogP contribution in [-0.4, -0.2) is 31.9 Å². The van der Waals surface area contributed by atoms with Gasteiger partial charge in [0.2, 0.25) is 0 Å². The van der Waals surface area contributed by atoms with E-state index in [2.05, 4.69) is 10.6 Å². The number of anilines is 3. The molecular weight excluding hydrogens is 482 g/mol. The van der Waals surface area contributed by atoms with Gasteiger partial charge >= 0.3 is 0 Å². The zero-order valence-corrected chi connectivity index (χ0v) is 20.9. The van der Waals surface area contributed by atoms with Crippen molar-refractivity contribution in [3.8, 4) is 11.5 Å². The largest absolute Gasteiger partial charge is 0.497 e. The molecule has 9 heteroatoms. The van der Waals surface area contributed by atoms with Gasteiger partial charge in [-0.2, -0.15) is 0 Å². The second-order valence-corrected chi connectivity index (χ2v) is 8.53. The van der Waals surface area contributed by atoms with Crippen LogP contribution in [0.2, 0.25) is 0 Å². The van der Waals surface area contributed by atoms with Gasteiger partial charge in [-0.15, -0.1) is 0 Å². The SMILES string of the molecule is COc1ccc(N2C(=O)C(Cl)=C(Nc3ccc(C(=O)Nc4cc(C)ccc4C)cc3)C2=O)c(OC)c1. The quantitative estimate of drug-likeness (QED) is 0.438. The average Bonchev–Trinajstić information content (AvgIpc) is 3.09. The Morgan fingerprint density at radius 1 is 0.889 bits per heavy atom. The van der Waals surface area contributed by atoms with Crippen LogP contribution in [0.4, 0.5) is 17.1 Å². The molecule has 36 heavy (non-hydrogen) atoms. The highest BCUT2D eigenvalue weighted by Crippen LogP contribution is 2.37. The smallest absolute Gasteiger partial charge is 0.283 e. The molecule has 1 aliphatic heterocycles. The maximum absolute atomic E-state index is 13.1. The zero-order chi connectivity index (χ0) is 26.0. The fourth-order valence-corrected chi connectivity index (χ4v) is 3.93. The monoisotopic (exact) mass is 505 g/mol. The second kappa shape index (κ2) is 10.1. The Kier molecular flexibility index (Phi) is 6.98. The van der Waals surface area contributed by atoms with Gasteiger partial charge in [-0.05, 0) is 67.4 Å². The summed E-state index contributed by atoms with van der Waals surface area (Å²) in [5, 5.41) is 5.55. The lowest BCUT2D eigenvalue weighted by Gasteiger charge is -2.18. The maximum Gasteiger partial charge on any atom is 0.283 e. The summed E-state index contributed by atoms with van der Waals surface area (Å²) in [5.74, 6) is -0.797. The first-order chi connectivity index (χ1) is 17.2. The fraction of sp³-hybridized carbons (Fsp3) is 0.148. The molecule has 4 rings (SSSR count). The molecule has 0 saturated carbocycles. The fourth-order valence-electron chi connectivity index (χ4n) is 3.71. The number of hydrogen-bond donors (Lipinski definition) is 2. The minimum absolute atomic E-state index is 0.0767. The van der Waals surface area contributed by atoms with E-state index >= 15 is 0 Å². The van der Waals surface area contributed by atoms with Crippen molar-refractivity contribution in [3.05, 3.63) is 88.1 Å². The molecule has 0 spiro atoms. The molecule has 0 bridgehead atoms. The van der Waals surface area contributed by atoms with Gasteiger partial charge in [0.15, 0.2) is 0 Å². The second-order valence-electron chi connectivity index (χ2n) is 8.15. The first-order valence-corrected chi connectivity index (χ1v) is 11.4. The van der Waals surface area contributed by atoms with E-state index in [1.807, 2.05) is 32.0 Å². The third kappa shape index (κ3) is 4.76. The van der Waals surface area contributed by atoms with E-state index in [-0.39, 0.29) is 28.1 Å². The van der Waals surface area contributed by atoms with E-state index in [4.69, 9.17) is 21.1 Å². The van der Waals surface area contributed by atoms with Crippen LogP contribution in [0.1, 0.15) is 21.5 Å². The van der Waals surface area contributed by atoms with Gasteiger partial charge in [-0.1, -0.05) is 23.7 Å². The van der Waals surface area contributed by atoms with Crippen molar-refractivity contribution in [3.63, 3.8) is 0 Å². The molecule has 0 aromatic heterocycles. The summed E-state index contributed by atoms with van der Waals surface area (Å²) < 4.78 is 10.5. The predicted molar refractivity (Wildman–Crippen MR) is 139 cm³/mol. The standard InChI is InChI=1S/C27H24ClN3O5/c1-15-5-6-16(2)20(13-15)30-25(32)17-7-9-18(10-8-17)29-24-23(28)26(33)31(27(24)34)21-12-11-19(35-3)14-22(21)36-4/h5-14,29H,1-4H3,(H,30,32). The van der Waals surface area contributed by atoms with Gasteiger partial charge in [-0.25, -0.2) is 4.90 Å².